The van der Waals surface area contributed by atoms with Crippen molar-refractivity contribution < 1.29 is 14.6 Å². The standard InChI is InChI=1S/C23H18ClN3O3/c1-30-19-9-3-2-7-16(19)20(27-23(29)14-6-4-10-25-13-14)17-12-18(24)15-8-5-11-26-21(15)22(17)28/h2-13,20,28H,1H3,(H,27,29)/t20-/m0/s1. The van der Waals surface area contributed by atoms with Gasteiger partial charge in [0.1, 0.15) is 17.0 Å². The second-order valence-corrected chi connectivity index (χ2v) is 6.99. The number of rotatable bonds is 5. The van der Waals surface area contributed by atoms with Gasteiger partial charge in [-0.2, -0.15) is 0 Å². The number of benzene rings is 2. The van der Waals surface area contributed by atoms with Crippen LogP contribution < -0.4 is 10.1 Å². The maximum absolute atomic E-state index is 12.9. The largest absolute Gasteiger partial charge is 0.505 e. The van der Waals surface area contributed by atoms with Gasteiger partial charge >= 0.3 is 0 Å². The van der Waals surface area contributed by atoms with Crippen LogP contribution in [0.1, 0.15) is 27.5 Å². The van der Waals surface area contributed by atoms with Gasteiger partial charge in [0.2, 0.25) is 0 Å². The van der Waals surface area contributed by atoms with Crippen molar-refractivity contribution in [2.24, 2.45) is 0 Å². The van der Waals surface area contributed by atoms with Crippen LogP contribution in [0.5, 0.6) is 11.5 Å². The van der Waals surface area contributed by atoms with Crippen molar-refractivity contribution in [2.45, 2.75) is 6.04 Å². The van der Waals surface area contributed by atoms with Gasteiger partial charge in [-0.3, -0.25) is 14.8 Å². The Bertz CT molecular complexity index is 1210. The van der Waals surface area contributed by atoms with E-state index >= 15 is 0 Å². The number of nitrogens with zero attached hydrogens (tertiary/aromatic N) is 2. The number of amides is 1. The maximum atomic E-state index is 12.9. The Kier molecular flexibility index (Phi) is 5.50. The van der Waals surface area contributed by atoms with Gasteiger partial charge < -0.3 is 15.2 Å². The van der Waals surface area contributed by atoms with Gasteiger partial charge in [0.25, 0.3) is 5.91 Å². The molecule has 0 saturated heterocycles. The summed E-state index contributed by atoms with van der Waals surface area (Å²) in [5.41, 5.74) is 1.82. The molecule has 2 N–H and O–H groups in total. The highest BCUT2D eigenvalue weighted by atomic mass is 35.5. The van der Waals surface area contributed by atoms with Crippen LogP contribution in [0, 0.1) is 0 Å². The van der Waals surface area contributed by atoms with Crippen LogP contribution in [0.15, 0.2) is 73.2 Å². The molecule has 0 bridgehead atoms. The van der Waals surface area contributed by atoms with E-state index in [1.807, 2.05) is 18.2 Å². The van der Waals surface area contributed by atoms with E-state index in [9.17, 15) is 9.90 Å². The Hall–Kier alpha value is -3.64. The number of phenolic OH excluding ortho intramolecular Hbond substituents is 1. The van der Waals surface area contributed by atoms with Gasteiger partial charge in [0, 0.05) is 35.1 Å². The van der Waals surface area contributed by atoms with E-state index in [1.54, 1.807) is 55.9 Å². The number of carbonyl (C=O) groups excluding carboxylic acids is 1. The molecule has 4 aromatic rings. The quantitative estimate of drug-likeness (QED) is 0.497. The number of fused-ring (bicyclic) bond motifs is 1. The van der Waals surface area contributed by atoms with Crippen molar-refractivity contribution >= 4 is 28.4 Å². The topological polar surface area (TPSA) is 84.3 Å². The number of nitrogens with one attached hydrogen (secondary N) is 1. The van der Waals surface area contributed by atoms with Gasteiger partial charge in [-0.25, -0.2) is 0 Å². The van der Waals surface area contributed by atoms with Crippen molar-refractivity contribution in [3.8, 4) is 11.5 Å². The fraction of sp³-hybridized carbons (Fsp3) is 0.0870. The average molecular weight is 420 g/mol. The van der Waals surface area contributed by atoms with Crippen LogP contribution in [0.4, 0.5) is 0 Å². The van der Waals surface area contributed by atoms with Crippen molar-refractivity contribution in [1.29, 1.82) is 0 Å². The number of methoxy groups -OCH3 is 1. The molecule has 0 spiro atoms. The zero-order valence-electron chi connectivity index (χ0n) is 16.0. The van der Waals surface area contributed by atoms with Gasteiger partial charge in [-0.15, -0.1) is 0 Å². The molecule has 1 atom stereocenters. The van der Waals surface area contributed by atoms with Crippen molar-refractivity contribution in [3.63, 3.8) is 0 Å². The fourth-order valence-electron chi connectivity index (χ4n) is 3.37. The molecule has 0 aliphatic carbocycles. The van der Waals surface area contributed by atoms with Crippen LogP contribution in [0.25, 0.3) is 10.9 Å². The van der Waals surface area contributed by atoms with Gasteiger partial charge in [-0.05, 0) is 36.4 Å². The molecule has 1 amide bonds. The lowest BCUT2D eigenvalue weighted by Crippen LogP contribution is -2.29. The molecule has 0 fully saturated rings. The number of ether oxygens (including phenoxy) is 1. The highest BCUT2D eigenvalue weighted by molar-refractivity contribution is 6.35. The molecule has 4 rings (SSSR count). The number of aromatic hydroxyl groups is 1. The number of aromatic nitrogens is 2. The summed E-state index contributed by atoms with van der Waals surface area (Å²) >= 11 is 6.49. The van der Waals surface area contributed by atoms with Gasteiger partial charge in [0.15, 0.2) is 0 Å². The summed E-state index contributed by atoms with van der Waals surface area (Å²) < 4.78 is 5.50. The predicted molar refractivity (Wildman–Crippen MR) is 115 cm³/mol. The summed E-state index contributed by atoms with van der Waals surface area (Å²) in [7, 11) is 1.55. The highest BCUT2D eigenvalue weighted by Crippen LogP contribution is 2.40. The SMILES string of the molecule is COc1ccccc1[C@H](NC(=O)c1cccnc1)c1cc(Cl)c2cccnc2c1O. The summed E-state index contributed by atoms with van der Waals surface area (Å²) in [6.45, 7) is 0. The molecule has 0 saturated carbocycles. The number of halogens is 1. The van der Waals surface area contributed by atoms with Crippen LogP contribution in [-0.2, 0) is 0 Å². The maximum Gasteiger partial charge on any atom is 0.253 e. The summed E-state index contributed by atoms with van der Waals surface area (Å²) in [6, 6.07) is 15.0. The molecule has 30 heavy (non-hydrogen) atoms. The van der Waals surface area contributed by atoms with Crippen molar-refractivity contribution in [1.82, 2.24) is 15.3 Å². The molecule has 2 aromatic carbocycles. The van der Waals surface area contributed by atoms with Gasteiger partial charge in [-0.1, -0.05) is 29.8 Å². The lowest BCUT2D eigenvalue weighted by molar-refractivity contribution is 0.0942. The molecular formula is C23H18ClN3O3. The summed E-state index contributed by atoms with van der Waals surface area (Å²) in [4.78, 5) is 21.2. The fourth-order valence-corrected chi connectivity index (χ4v) is 3.64. The van der Waals surface area contributed by atoms with Gasteiger partial charge in [0.05, 0.1) is 23.7 Å². The normalized spacial score (nSPS) is 11.8. The first kappa shape index (κ1) is 19.7. The van der Waals surface area contributed by atoms with Crippen molar-refractivity contribution in [2.75, 3.05) is 7.11 Å². The Morgan fingerprint density at radius 2 is 1.90 bits per heavy atom. The summed E-state index contributed by atoms with van der Waals surface area (Å²) in [6.07, 6.45) is 4.65. The van der Waals surface area contributed by atoms with Crippen LogP contribution >= 0.6 is 11.6 Å². The minimum Gasteiger partial charge on any atom is -0.505 e. The Labute approximate surface area is 178 Å². The first-order chi connectivity index (χ1) is 14.6. The number of hydrogen-bond acceptors (Lipinski definition) is 5. The number of para-hydroxylation sites is 1. The second-order valence-electron chi connectivity index (χ2n) is 6.59. The Balaban J connectivity index is 1.89. The molecule has 7 heteroatoms. The highest BCUT2D eigenvalue weighted by Gasteiger charge is 2.26. The third kappa shape index (κ3) is 3.65. The van der Waals surface area contributed by atoms with E-state index in [0.717, 1.165) is 0 Å². The van der Waals surface area contributed by atoms with Crippen LogP contribution in [0.2, 0.25) is 5.02 Å². The third-order valence-corrected chi connectivity index (χ3v) is 5.12. The molecule has 0 unspecified atom stereocenters. The summed E-state index contributed by atoms with van der Waals surface area (Å²) in [5, 5.41) is 15.0. The molecule has 0 aliphatic heterocycles. The predicted octanol–water partition coefficient (Wildman–Crippen LogP) is 4.52. The lowest BCUT2D eigenvalue weighted by Gasteiger charge is -2.23. The van der Waals surface area contributed by atoms with E-state index < -0.39 is 6.04 Å². The summed E-state index contributed by atoms with van der Waals surface area (Å²) in [5.74, 6) is 0.152. The second kappa shape index (κ2) is 8.39. The number of carbonyl (C=O) groups is 1. The average Bonchev–Trinajstić information content (AvgIpc) is 2.80. The number of phenols is 1. The van der Waals surface area contributed by atoms with Crippen molar-refractivity contribution in [3.05, 3.63) is 94.9 Å². The van der Waals surface area contributed by atoms with Crippen LogP contribution in [-0.4, -0.2) is 28.1 Å². The molecule has 2 aromatic heterocycles. The number of hydrogen-bond donors (Lipinski definition) is 2. The number of pyridine rings is 2. The van der Waals surface area contributed by atoms with E-state index in [2.05, 4.69) is 15.3 Å². The molecule has 2 heterocycles. The van der Waals surface area contributed by atoms with E-state index in [0.29, 0.717) is 38.4 Å². The smallest absolute Gasteiger partial charge is 0.253 e. The molecule has 6 nitrogen and oxygen atoms in total. The first-order valence-corrected chi connectivity index (χ1v) is 9.58. The van der Waals surface area contributed by atoms with E-state index in [-0.39, 0.29) is 11.7 Å². The molecule has 0 radical (unpaired) electrons. The Morgan fingerprint density at radius 3 is 2.67 bits per heavy atom. The van der Waals surface area contributed by atoms with Crippen LogP contribution in [0.3, 0.4) is 0 Å². The van der Waals surface area contributed by atoms with E-state index in [1.165, 1.54) is 6.20 Å². The minimum atomic E-state index is -0.738. The first-order valence-electron chi connectivity index (χ1n) is 9.20. The monoisotopic (exact) mass is 419 g/mol. The molecule has 0 aliphatic rings. The Morgan fingerprint density at radius 1 is 1.10 bits per heavy atom. The lowest BCUT2D eigenvalue weighted by atomic mass is 9.95. The zero-order chi connectivity index (χ0) is 21.1. The third-order valence-electron chi connectivity index (χ3n) is 4.81. The molecule has 150 valence electrons. The minimum absolute atomic E-state index is 0.0580. The van der Waals surface area contributed by atoms with E-state index in [4.69, 9.17) is 16.3 Å². The molecular weight excluding hydrogens is 402 g/mol. The zero-order valence-corrected chi connectivity index (χ0v) is 16.8.